The predicted molar refractivity (Wildman–Crippen MR) is 89.3 cm³/mol. The summed E-state index contributed by atoms with van der Waals surface area (Å²) in [5.41, 5.74) is 1.98. The van der Waals surface area contributed by atoms with Crippen LogP contribution in [-0.2, 0) is 9.47 Å². The van der Waals surface area contributed by atoms with Gasteiger partial charge >= 0.3 is 0 Å². The first-order valence-corrected chi connectivity index (χ1v) is 8.47. The fourth-order valence-electron chi connectivity index (χ4n) is 3.82. The van der Waals surface area contributed by atoms with Crippen LogP contribution in [0.4, 0.5) is 0 Å². The first kappa shape index (κ1) is 15.8. The van der Waals surface area contributed by atoms with E-state index in [2.05, 4.69) is 0 Å². The Hall–Kier alpha value is -1.72. The summed E-state index contributed by atoms with van der Waals surface area (Å²) in [5.74, 6) is -0.126. The lowest BCUT2D eigenvalue weighted by molar-refractivity contribution is -0.243. The van der Waals surface area contributed by atoms with Crippen molar-refractivity contribution >= 4 is 0 Å². The third-order valence-corrected chi connectivity index (χ3v) is 5.15. The first-order valence-electron chi connectivity index (χ1n) is 8.47. The van der Waals surface area contributed by atoms with Gasteiger partial charge in [-0.15, -0.1) is 0 Å². The molecule has 0 unspecified atom stereocenters. The van der Waals surface area contributed by atoms with Gasteiger partial charge in [0.05, 0.1) is 24.9 Å². The van der Waals surface area contributed by atoms with E-state index in [1.807, 2.05) is 60.7 Å². The molecule has 6 atom stereocenters. The number of hydrogen-bond acceptors (Lipinski definition) is 4. The summed E-state index contributed by atoms with van der Waals surface area (Å²) in [6, 6.07) is 19.6. The van der Waals surface area contributed by atoms with Gasteiger partial charge in [0.1, 0.15) is 12.2 Å². The Balaban J connectivity index is 1.53. The zero-order valence-electron chi connectivity index (χ0n) is 13.4. The number of rotatable bonds is 2. The van der Waals surface area contributed by atoms with Crippen molar-refractivity contribution in [3.63, 3.8) is 0 Å². The highest BCUT2D eigenvalue weighted by Gasteiger charge is 2.47. The molecule has 2 fully saturated rings. The second kappa shape index (κ2) is 6.65. The molecule has 0 spiro atoms. The molecule has 2 heterocycles. The SMILES string of the molecule is O[C@@H]1[C@@H](O)[C@H](c2ccccc2)O[C@@H]2CO[C@@H](c3ccccc3)C[C@@H]12. The zero-order chi connectivity index (χ0) is 16.5. The lowest BCUT2D eigenvalue weighted by Crippen LogP contribution is -2.54. The Kier molecular flexibility index (Phi) is 4.37. The number of hydrogen-bond donors (Lipinski definition) is 2. The van der Waals surface area contributed by atoms with Gasteiger partial charge in [-0.25, -0.2) is 0 Å². The van der Waals surface area contributed by atoms with Gasteiger partial charge in [-0.1, -0.05) is 60.7 Å². The van der Waals surface area contributed by atoms with Crippen LogP contribution in [0.15, 0.2) is 60.7 Å². The zero-order valence-corrected chi connectivity index (χ0v) is 13.4. The molecule has 0 saturated carbocycles. The minimum absolute atomic E-state index is 0.0637. The van der Waals surface area contributed by atoms with Gasteiger partial charge in [-0.3, -0.25) is 0 Å². The molecule has 2 aromatic rings. The van der Waals surface area contributed by atoms with E-state index in [4.69, 9.17) is 9.47 Å². The average molecular weight is 326 g/mol. The average Bonchev–Trinajstić information content (AvgIpc) is 2.66. The van der Waals surface area contributed by atoms with E-state index in [1.54, 1.807) is 0 Å². The summed E-state index contributed by atoms with van der Waals surface area (Å²) < 4.78 is 12.1. The summed E-state index contributed by atoms with van der Waals surface area (Å²) in [4.78, 5) is 0. The minimum Gasteiger partial charge on any atom is -0.390 e. The maximum atomic E-state index is 10.7. The molecule has 0 aliphatic carbocycles. The van der Waals surface area contributed by atoms with Crippen molar-refractivity contribution in [2.24, 2.45) is 5.92 Å². The highest BCUT2D eigenvalue weighted by Crippen LogP contribution is 2.43. The molecule has 126 valence electrons. The van der Waals surface area contributed by atoms with Gasteiger partial charge in [0.25, 0.3) is 0 Å². The molecule has 0 bridgehead atoms. The molecule has 0 aromatic heterocycles. The number of fused-ring (bicyclic) bond motifs is 1. The van der Waals surface area contributed by atoms with E-state index in [9.17, 15) is 10.2 Å². The number of aliphatic hydroxyl groups excluding tert-OH is 2. The van der Waals surface area contributed by atoms with Gasteiger partial charge < -0.3 is 19.7 Å². The lowest BCUT2D eigenvalue weighted by atomic mass is 9.79. The molecule has 2 N–H and O–H groups in total. The van der Waals surface area contributed by atoms with Crippen LogP contribution in [0.3, 0.4) is 0 Å². The van der Waals surface area contributed by atoms with Crippen molar-refractivity contribution in [1.82, 2.24) is 0 Å². The quantitative estimate of drug-likeness (QED) is 0.891. The summed E-state index contributed by atoms with van der Waals surface area (Å²) in [6.07, 6.45) is -1.87. The third kappa shape index (κ3) is 2.87. The summed E-state index contributed by atoms with van der Waals surface area (Å²) in [6.45, 7) is 0.428. The summed E-state index contributed by atoms with van der Waals surface area (Å²) in [7, 11) is 0. The van der Waals surface area contributed by atoms with E-state index in [1.165, 1.54) is 0 Å². The van der Waals surface area contributed by atoms with E-state index >= 15 is 0 Å². The van der Waals surface area contributed by atoms with Crippen LogP contribution < -0.4 is 0 Å². The van der Waals surface area contributed by atoms with Crippen molar-refractivity contribution in [3.05, 3.63) is 71.8 Å². The van der Waals surface area contributed by atoms with Crippen molar-refractivity contribution in [1.29, 1.82) is 0 Å². The molecule has 2 saturated heterocycles. The van der Waals surface area contributed by atoms with Crippen LogP contribution in [0.1, 0.15) is 29.8 Å². The van der Waals surface area contributed by atoms with Gasteiger partial charge in [-0.2, -0.15) is 0 Å². The van der Waals surface area contributed by atoms with Crippen molar-refractivity contribution in [2.75, 3.05) is 6.61 Å². The fourth-order valence-corrected chi connectivity index (χ4v) is 3.82. The third-order valence-electron chi connectivity index (χ3n) is 5.15. The molecule has 0 radical (unpaired) electrons. The Morgan fingerprint density at radius 3 is 2.08 bits per heavy atom. The van der Waals surface area contributed by atoms with Crippen LogP contribution in [0.25, 0.3) is 0 Å². The molecule has 4 heteroatoms. The molecule has 4 rings (SSSR count). The molecular formula is C20H22O4. The monoisotopic (exact) mass is 326 g/mol. The Morgan fingerprint density at radius 2 is 1.42 bits per heavy atom. The predicted octanol–water partition coefficient (Wildman–Crippen LogP) is 2.63. The van der Waals surface area contributed by atoms with Crippen LogP contribution >= 0.6 is 0 Å². The van der Waals surface area contributed by atoms with E-state index in [0.29, 0.717) is 13.0 Å². The Labute approximate surface area is 141 Å². The molecule has 2 aromatic carbocycles. The summed E-state index contributed by atoms with van der Waals surface area (Å²) in [5, 5.41) is 21.3. The maximum absolute atomic E-state index is 10.7. The topological polar surface area (TPSA) is 58.9 Å². The number of ether oxygens (including phenoxy) is 2. The largest absolute Gasteiger partial charge is 0.390 e. The standard InChI is InChI=1S/C20H22O4/c21-18-15-11-16(13-7-3-1-4-8-13)23-12-17(15)24-20(19(18)22)14-9-5-2-6-10-14/h1-10,15-22H,11-12H2/t15-,16-,17-,18+,19-,20+/m1/s1. The lowest BCUT2D eigenvalue weighted by Gasteiger charge is -2.47. The highest BCUT2D eigenvalue weighted by atomic mass is 16.6. The van der Waals surface area contributed by atoms with Crippen LogP contribution in [-0.4, -0.2) is 35.1 Å². The molecular weight excluding hydrogens is 304 g/mol. The summed E-state index contributed by atoms with van der Waals surface area (Å²) >= 11 is 0. The van der Waals surface area contributed by atoms with Crippen LogP contribution in [0.5, 0.6) is 0 Å². The smallest absolute Gasteiger partial charge is 0.111 e. The maximum Gasteiger partial charge on any atom is 0.111 e. The molecule has 4 nitrogen and oxygen atoms in total. The van der Waals surface area contributed by atoms with Gasteiger partial charge in [0.2, 0.25) is 0 Å². The normalized spacial score (nSPS) is 36.1. The number of benzene rings is 2. The van der Waals surface area contributed by atoms with Gasteiger partial charge in [-0.05, 0) is 17.5 Å². The van der Waals surface area contributed by atoms with Crippen molar-refractivity contribution in [3.8, 4) is 0 Å². The molecule has 24 heavy (non-hydrogen) atoms. The highest BCUT2D eigenvalue weighted by molar-refractivity contribution is 5.22. The minimum atomic E-state index is -0.928. The van der Waals surface area contributed by atoms with Crippen molar-refractivity contribution in [2.45, 2.75) is 36.9 Å². The van der Waals surface area contributed by atoms with Gasteiger partial charge in [0, 0.05) is 5.92 Å². The fraction of sp³-hybridized carbons (Fsp3) is 0.400. The second-order valence-corrected chi connectivity index (χ2v) is 6.62. The number of aliphatic hydroxyl groups is 2. The molecule has 2 aliphatic rings. The second-order valence-electron chi connectivity index (χ2n) is 6.62. The van der Waals surface area contributed by atoms with E-state index in [0.717, 1.165) is 11.1 Å². The van der Waals surface area contributed by atoms with Crippen LogP contribution in [0, 0.1) is 5.92 Å². The Morgan fingerprint density at radius 1 is 0.792 bits per heavy atom. The van der Waals surface area contributed by atoms with E-state index in [-0.39, 0.29) is 18.1 Å². The Bertz CT molecular complexity index is 658. The molecule has 2 aliphatic heterocycles. The van der Waals surface area contributed by atoms with Crippen molar-refractivity contribution < 1.29 is 19.7 Å². The van der Waals surface area contributed by atoms with Gasteiger partial charge in [0.15, 0.2) is 0 Å². The van der Waals surface area contributed by atoms with Crippen LogP contribution in [0.2, 0.25) is 0 Å². The van der Waals surface area contributed by atoms with E-state index < -0.39 is 18.3 Å². The molecule has 0 amide bonds. The first-order chi connectivity index (χ1) is 11.7.